The number of anilines is 1. The predicted octanol–water partition coefficient (Wildman–Crippen LogP) is 1.98. The molecule has 0 spiro atoms. The number of hydrazine groups is 1. The van der Waals surface area contributed by atoms with Crippen LogP contribution in [0.2, 0.25) is 0 Å². The van der Waals surface area contributed by atoms with Crippen LogP contribution in [0.4, 0.5) is 5.95 Å². The summed E-state index contributed by atoms with van der Waals surface area (Å²) in [6.45, 7) is 4.16. The van der Waals surface area contributed by atoms with Crippen molar-refractivity contribution in [1.82, 2.24) is 9.97 Å². The Hall–Kier alpha value is -1.81. The second kappa shape index (κ2) is 3.74. The Morgan fingerprint density at radius 3 is 2.73 bits per heavy atom. The first kappa shape index (κ1) is 9.73. The van der Waals surface area contributed by atoms with Crippen LogP contribution < -0.4 is 11.3 Å². The maximum atomic E-state index is 5.26. The summed E-state index contributed by atoms with van der Waals surface area (Å²) >= 11 is 0. The van der Waals surface area contributed by atoms with Gasteiger partial charge in [0.1, 0.15) is 0 Å². The summed E-state index contributed by atoms with van der Waals surface area (Å²) in [6, 6.07) is 6.31. The summed E-state index contributed by atoms with van der Waals surface area (Å²) < 4.78 is 0. The number of nitrogens with one attached hydrogen (secondary N) is 2. The van der Waals surface area contributed by atoms with E-state index in [0.29, 0.717) is 5.95 Å². The van der Waals surface area contributed by atoms with Gasteiger partial charge in [-0.3, -0.25) is 5.43 Å². The number of rotatable bonds is 2. The minimum absolute atomic E-state index is 0.574. The van der Waals surface area contributed by atoms with Gasteiger partial charge in [-0.2, -0.15) is 0 Å². The zero-order chi connectivity index (χ0) is 10.8. The lowest BCUT2D eigenvalue weighted by molar-refractivity contribution is 1.20. The van der Waals surface area contributed by atoms with Gasteiger partial charge in [0.05, 0.1) is 11.9 Å². The fraction of sp³-hybridized carbons (Fsp3) is 0.182. The Labute approximate surface area is 88.5 Å². The average molecular weight is 202 g/mol. The Morgan fingerprint density at radius 2 is 2.13 bits per heavy atom. The molecule has 78 valence electrons. The van der Waals surface area contributed by atoms with Crippen molar-refractivity contribution in [3.63, 3.8) is 0 Å². The van der Waals surface area contributed by atoms with Gasteiger partial charge in [0.15, 0.2) is 0 Å². The molecule has 0 aliphatic heterocycles. The topological polar surface area (TPSA) is 66.7 Å². The number of hydrogen-bond donors (Lipinski definition) is 3. The van der Waals surface area contributed by atoms with Gasteiger partial charge in [0.2, 0.25) is 5.95 Å². The van der Waals surface area contributed by atoms with Gasteiger partial charge in [-0.25, -0.2) is 10.8 Å². The molecule has 0 unspecified atom stereocenters. The van der Waals surface area contributed by atoms with Crippen molar-refractivity contribution in [2.24, 2.45) is 5.84 Å². The molecule has 15 heavy (non-hydrogen) atoms. The van der Waals surface area contributed by atoms with E-state index in [9.17, 15) is 0 Å². The summed E-state index contributed by atoms with van der Waals surface area (Å²) in [6.07, 6.45) is 1.77. The van der Waals surface area contributed by atoms with Gasteiger partial charge < -0.3 is 4.98 Å². The maximum absolute atomic E-state index is 5.26. The predicted molar refractivity (Wildman–Crippen MR) is 61.3 cm³/mol. The molecule has 1 heterocycles. The first-order valence-corrected chi connectivity index (χ1v) is 4.80. The van der Waals surface area contributed by atoms with E-state index in [4.69, 9.17) is 5.84 Å². The van der Waals surface area contributed by atoms with Crippen LogP contribution in [-0.4, -0.2) is 9.97 Å². The number of hydrogen-bond acceptors (Lipinski definition) is 3. The van der Waals surface area contributed by atoms with E-state index in [1.165, 1.54) is 11.1 Å². The van der Waals surface area contributed by atoms with Crippen LogP contribution in [0.3, 0.4) is 0 Å². The van der Waals surface area contributed by atoms with Gasteiger partial charge >= 0.3 is 0 Å². The second-order valence-corrected chi connectivity index (χ2v) is 3.61. The molecular weight excluding hydrogens is 188 g/mol. The maximum Gasteiger partial charge on any atom is 0.215 e. The largest absolute Gasteiger partial charge is 0.323 e. The highest BCUT2D eigenvalue weighted by Gasteiger charge is 2.04. The summed E-state index contributed by atoms with van der Waals surface area (Å²) in [7, 11) is 0. The third-order valence-corrected chi connectivity index (χ3v) is 2.38. The molecule has 0 saturated carbocycles. The molecule has 4 nitrogen and oxygen atoms in total. The van der Waals surface area contributed by atoms with E-state index in [0.717, 1.165) is 11.3 Å². The normalized spacial score (nSPS) is 10.3. The Balaban J connectivity index is 2.44. The van der Waals surface area contributed by atoms with Crippen molar-refractivity contribution in [1.29, 1.82) is 0 Å². The minimum atomic E-state index is 0.574. The molecule has 0 aliphatic carbocycles. The molecule has 0 amide bonds. The van der Waals surface area contributed by atoms with E-state index in [2.05, 4.69) is 47.4 Å². The zero-order valence-electron chi connectivity index (χ0n) is 8.83. The molecule has 1 aromatic heterocycles. The number of aromatic amines is 1. The number of aromatic nitrogens is 2. The number of aryl methyl sites for hydroxylation is 2. The third kappa shape index (κ3) is 1.85. The van der Waals surface area contributed by atoms with Gasteiger partial charge in [-0.15, -0.1) is 0 Å². The molecule has 2 rings (SSSR count). The lowest BCUT2D eigenvalue weighted by atomic mass is 10.0. The summed E-state index contributed by atoms with van der Waals surface area (Å²) in [5.74, 6) is 5.83. The highest BCUT2D eigenvalue weighted by molar-refractivity contribution is 5.64. The fourth-order valence-corrected chi connectivity index (χ4v) is 1.65. The van der Waals surface area contributed by atoms with Gasteiger partial charge in [-0.1, -0.05) is 23.8 Å². The number of nitrogens with two attached hydrogens (primary N) is 1. The van der Waals surface area contributed by atoms with Crippen molar-refractivity contribution < 1.29 is 0 Å². The smallest absolute Gasteiger partial charge is 0.215 e. The molecule has 2 aromatic rings. The first-order valence-electron chi connectivity index (χ1n) is 4.80. The number of benzene rings is 1. The average Bonchev–Trinajstić information content (AvgIpc) is 2.66. The molecular formula is C11H14N4. The molecule has 0 atom stereocenters. The number of H-pyrrole nitrogens is 1. The van der Waals surface area contributed by atoms with Crippen molar-refractivity contribution in [2.75, 3.05) is 5.43 Å². The number of nitrogens with zero attached hydrogens (tertiary/aromatic N) is 1. The van der Waals surface area contributed by atoms with Crippen molar-refractivity contribution in [3.05, 3.63) is 35.5 Å². The van der Waals surface area contributed by atoms with Crippen LogP contribution in [0, 0.1) is 13.8 Å². The molecule has 4 N–H and O–H groups in total. The van der Waals surface area contributed by atoms with Crippen LogP contribution in [-0.2, 0) is 0 Å². The third-order valence-electron chi connectivity index (χ3n) is 2.38. The highest BCUT2D eigenvalue weighted by Crippen LogP contribution is 2.23. The summed E-state index contributed by atoms with van der Waals surface area (Å²) in [4.78, 5) is 7.18. The Morgan fingerprint density at radius 1 is 1.33 bits per heavy atom. The van der Waals surface area contributed by atoms with E-state index < -0.39 is 0 Å². The monoisotopic (exact) mass is 202 g/mol. The first-order chi connectivity index (χ1) is 7.20. The number of imidazole rings is 1. The van der Waals surface area contributed by atoms with Crippen molar-refractivity contribution in [3.8, 4) is 11.3 Å². The Bertz CT molecular complexity index is 473. The number of nitrogen functional groups attached to an aromatic ring is 1. The fourth-order valence-electron chi connectivity index (χ4n) is 1.65. The van der Waals surface area contributed by atoms with Crippen molar-refractivity contribution >= 4 is 5.95 Å². The summed E-state index contributed by atoms with van der Waals surface area (Å²) in [5, 5.41) is 0. The van der Waals surface area contributed by atoms with Gasteiger partial charge in [0, 0.05) is 5.56 Å². The van der Waals surface area contributed by atoms with Gasteiger partial charge in [-0.05, 0) is 19.4 Å². The second-order valence-electron chi connectivity index (χ2n) is 3.61. The minimum Gasteiger partial charge on any atom is -0.323 e. The van der Waals surface area contributed by atoms with Gasteiger partial charge in [0.25, 0.3) is 0 Å². The standard InChI is InChI=1S/C11H14N4/c1-7-3-4-9(8(2)5-7)10-6-13-11(14-10)15-12/h3-6H,12H2,1-2H3,(H2,13,14,15). The molecule has 4 heteroatoms. The van der Waals surface area contributed by atoms with E-state index in [1.807, 2.05) is 0 Å². The van der Waals surface area contributed by atoms with Crippen LogP contribution in [0.15, 0.2) is 24.4 Å². The highest BCUT2D eigenvalue weighted by atomic mass is 15.3. The van der Waals surface area contributed by atoms with Crippen LogP contribution in [0.5, 0.6) is 0 Å². The molecule has 0 radical (unpaired) electrons. The van der Waals surface area contributed by atoms with Crippen molar-refractivity contribution in [2.45, 2.75) is 13.8 Å². The van der Waals surface area contributed by atoms with E-state index >= 15 is 0 Å². The molecule has 0 aliphatic rings. The zero-order valence-corrected chi connectivity index (χ0v) is 8.83. The Kier molecular flexibility index (Phi) is 2.43. The molecule has 0 bridgehead atoms. The molecule has 0 fully saturated rings. The quantitative estimate of drug-likeness (QED) is 0.515. The van der Waals surface area contributed by atoms with E-state index in [1.54, 1.807) is 6.20 Å². The van der Waals surface area contributed by atoms with Crippen LogP contribution in [0.1, 0.15) is 11.1 Å². The lowest BCUT2D eigenvalue weighted by Crippen LogP contribution is -2.07. The molecule has 0 saturated heterocycles. The lowest BCUT2D eigenvalue weighted by Gasteiger charge is -2.03. The summed E-state index contributed by atoms with van der Waals surface area (Å²) in [5.41, 5.74) is 7.08. The van der Waals surface area contributed by atoms with E-state index in [-0.39, 0.29) is 0 Å². The molecule has 1 aromatic carbocycles. The van der Waals surface area contributed by atoms with Crippen LogP contribution in [0.25, 0.3) is 11.3 Å². The SMILES string of the molecule is Cc1ccc(-c2cnc(NN)[nH]2)c(C)c1. The van der Waals surface area contributed by atoms with Crippen LogP contribution >= 0.6 is 0 Å².